The number of carboxylic acids is 4. The van der Waals surface area contributed by atoms with Crippen molar-refractivity contribution < 1.29 is 54.0 Å². The van der Waals surface area contributed by atoms with Crippen molar-refractivity contribution in [1.29, 1.82) is 0 Å². The topological polar surface area (TPSA) is 274 Å². The van der Waals surface area contributed by atoms with E-state index in [1.165, 1.54) is 0 Å². The van der Waals surface area contributed by atoms with E-state index in [-0.39, 0.29) is 69.6 Å². The highest BCUT2D eigenvalue weighted by molar-refractivity contribution is 7.80. The molecule has 21 heteroatoms. The van der Waals surface area contributed by atoms with Crippen LogP contribution in [-0.2, 0) is 41.6 Å². The van der Waals surface area contributed by atoms with Crippen molar-refractivity contribution in [2.75, 3.05) is 96.9 Å². The van der Waals surface area contributed by atoms with Crippen LogP contribution in [0.1, 0.15) is 89.2 Å². The number of carboxylic acid groups (broad SMARTS) is 4. The third-order valence-corrected chi connectivity index (χ3v) is 12.9. The van der Waals surface area contributed by atoms with Gasteiger partial charge in [0.15, 0.2) is 5.11 Å². The van der Waals surface area contributed by atoms with E-state index in [4.69, 9.17) is 17.3 Å². The van der Waals surface area contributed by atoms with Gasteiger partial charge in [-0.3, -0.25) is 33.8 Å². The van der Waals surface area contributed by atoms with E-state index in [9.17, 15) is 48.9 Å². The van der Waals surface area contributed by atoms with E-state index < -0.39 is 41.9 Å². The number of Topliss-reactive ketones (excluding diaryl/α,β-unsaturated/α-hetero) is 1. The molecule has 0 radical (unpaired) electrons. The van der Waals surface area contributed by atoms with Crippen molar-refractivity contribution in [3.8, 4) is 0 Å². The van der Waals surface area contributed by atoms with Crippen molar-refractivity contribution in [1.82, 2.24) is 40.9 Å². The summed E-state index contributed by atoms with van der Waals surface area (Å²) < 4.78 is 0. The Morgan fingerprint density at radius 2 is 1.26 bits per heavy atom. The number of likely N-dealkylation sites (N-methyl/N-ethyl adjacent to an activating group) is 2. The van der Waals surface area contributed by atoms with Gasteiger partial charge in [0, 0.05) is 102 Å². The Balaban J connectivity index is 1.44. The lowest BCUT2D eigenvalue weighted by molar-refractivity contribution is -0.140. The molecule has 3 atom stereocenters. The maximum Gasteiger partial charge on any atom is 0.326 e. The fourth-order valence-corrected chi connectivity index (χ4v) is 8.76. The third-order valence-electron chi connectivity index (χ3n) is 12.7. The molecule has 1 saturated heterocycles. The van der Waals surface area contributed by atoms with Crippen LogP contribution in [0.4, 0.5) is 10.5 Å². The lowest BCUT2D eigenvalue weighted by Crippen LogP contribution is -2.52. The quantitative estimate of drug-likeness (QED) is 0.0386. The molecule has 1 fully saturated rings. The van der Waals surface area contributed by atoms with Gasteiger partial charge in [-0.1, -0.05) is 62.7 Å². The van der Waals surface area contributed by atoms with Crippen molar-refractivity contribution in [3.05, 3.63) is 65.7 Å². The number of nitrogens with one attached hydrogen (secondary N) is 5. The Morgan fingerprint density at radius 1 is 0.639 bits per heavy atom. The van der Waals surface area contributed by atoms with Crippen molar-refractivity contribution >= 4 is 64.6 Å². The van der Waals surface area contributed by atoms with Crippen LogP contribution < -0.4 is 26.6 Å². The van der Waals surface area contributed by atoms with E-state index in [1.54, 1.807) is 0 Å². The number of thiocarbonyl (C=S) groups is 1. The van der Waals surface area contributed by atoms with Gasteiger partial charge in [-0.05, 0) is 99.9 Å². The average Bonchev–Trinajstić information content (AvgIpc) is 3.33. The average molecular weight is 1030 g/mol. The van der Waals surface area contributed by atoms with Crippen molar-refractivity contribution in [3.63, 3.8) is 0 Å². The molecule has 1 aliphatic rings. The minimum Gasteiger partial charge on any atom is -0.481 e. The zero-order valence-electron chi connectivity index (χ0n) is 42.2. The monoisotopic (exact) mass is 1030 g/mol. The highest BCUT2D eigenvalue weighted by Crippen LogP contribution is 2.18. The van der Waals surface area contributed by atoms with E-state index in [0.717, 1.165) is 62.4 Å². The predicted octanol–water partition coefficient (Wildman–Crippen LogP) is 3.60. The molecule has 72 heavy (non-hydrogen) atoms. The van der Waals surface area contributed by atoms with Gasteiger partial charge in [-0.15, -0.1) is 0 Å². The maximum absolute atomic E-state index is 13.4. The van der Waals surface area contributed by atoms with E-state index in [2.05, 4.69) is 50.2 Å². The Morgan fingerprint density at radius 3 is 1.92 bits per heavy atom. The number of hydrogen-bond donors (Lipinski definition) is 9. The minimum absolute atomic E-state index is 0.00869. The number of carbonyl (C=O) groups is 7. The molecule has 400 valence electrons. The van der Waals surface area contributed by atoms with Gasteiger partial charge in [0.25, 0.3) is 0 Å². The van der Waals surface area contributed by atoms with Crippen LogP contribution in [-0.4, -0.2) is 190 Å². The standard InChI is InChI=1S/C51H79N9O11S/c1-3-57-26-28-58(4-2)35-42(60(37-47(66)67)31-30-59(29-27-57)36-46(64)65)33-39-19-21-41(22-20-39)55-51(72)54-24-11-6-9-16-43(61)34-40(32-38-14-7-5-8-15-38)48(68)52-23-12-10-17-44(49(69)70)56-50(71)53-25-13-18-45(62)63/h5,7-8,14-15,19-22,40,42,44H,3-4,6,9-13,16-18,23-37H2,1-2H3,(H,52,68)(H,62,63)(H,64,65)(H,66,67)(H,69,70)(H2,53,56,71)(H2,54,55,72)/t40-,42?,44+/m1/s1. The summed E-state index contributed by atoms with van der Waals surface area (Å²) in [6.07, 6.45) is 4.69. The second-order valence-corrected chi connectivity index (χ2v) is 18.7. The molecular formula is C51H79N9O11S. The van der Waals surface area contributed by atoms with E-state index in [0.29, 0.717) is 76.4 Å². The number of nitrogens with zero attached hydrogens (tertiary/aromatic N) is 4. The fraction of sp³-hybridized carbons (Fsp3) is 0.608. The number of urea groups is 1. The Bertz CT molecular complexity index is 2000. The molecule has 0 aromatic heterocycles. The summed E-state index contributed by atoms with van der Waals surface area (Å²) in [6.45, 7) is 11.1. The molecule has 0 spiro atoms. The molecule has 3 rings (SSSR count). The molecular weight excluding hydrogens is 947 g/mol. The molecule has 0 aliphatic carbocycles. The van der Waals surface area contributed by atoms with Gasteiger partial charge in [0.1, 0.15) is 11.8 Å². The summed E-state index contributed by atoms with van der Waals surface area (Å²) in [7, 11) is 0. The molecule has 0 bridgehead atoms. The number of rotatable bonds is 31. The van der Waals surface area contributed by atoms with Gasteiger partial charge < -0.3 is 56.8 Å². The molecule has 9 N–H and O–H groups in total. The molecule has 1 heterocycles. The molecule has 3 amide bonds. The van der Waals surface area contributed by atoms with E-state index >= 15 is 0 Å². The second kappa shape index (κ2) is 34.6. The Hall–Kier alpha value is -5.74. The molecule has 2 aromatic rings. The number of amides is 3. The third kappa shape index (κ3) is 26.1. The first-order valence-electron chi connectivity index (χ1n) is 25.4. The summed E-state index contributed by atoms with van der Waals surface area (Å²) in [6, 6.07) is 15.4. The van der Waals surface area contributed by atoms with Gasteiger partial charge in [0.2, 0.25) is 5.91 Å². The molecule has 0 saturated carbocycles. The minimum atomic E-state index is -1.20. The summed E-state index contributed by atoms with van der Waals surface area (Å²) in [4.78, 5) is 93.3. The second-order valence-electron chi connectivity index (χ2n) is 18.3. The van der Waals surface area contributed by atoms with Gasteiger partial charge in [-0.25, -0.2) is 9.59 Å². The Kier molecular flexibility index (Phi) is 29.1. The molecule has 2 aromatic carbocycles. The summed E-state index contributed by atoms with van der Waals surface area (Å²) in [5, 5.41) is 52.4. The lowest BCUT2D eigenvalue weighted by Gasteiger charge is -2.38. The van der Waals surface area contributed by atoms with E-state index in [1.807, 2.05) is 64.4 Å². The van der Waals surface area contributed by atoms with Crippen LogP contribution in [0.25, 0.3) is 0 Å². The number of anilines is 1. The summed E-state index contributed by atoms with van der Waals surface area (Å²) in [5.74, 6) is -4.87. The number of aliphatic carboxylic acids is 4. The summed E-state index contributed by atoms with van der Waals surface area (Å²) in [5.41, 5.74) is 2.76. The van der Waals surface area contributed by atoms with Crippen LogP contribution in [0.2, 0.25) is 0 Å². The van der Waals surface area contributed by atoms with Crippen LogP contribution in [0.15, 0.2) is 54.6 Å². The molecule has 1 aliphatic heterocycles. The first-order chi connectivity index (χ1) is 34.5. The molecule has 1 unspecified atom stereocenters. The predicted molar refractivity (Wildman–Crippen MR) is 279 cm³/mol. The first kappa shape index (κ1) is 60.6. The highest BCUT2D eigenvalue weighted by atomic mass is 32.1. The van der Waals surface area contributed by atoms with Crippen LogP contribution in [0, 0.1) is 5.92 Å². The largest absolute Gasteiger partial charge is 0.481 e. The van der Waals surface area contributed by atoms with Crippen LogP contribution in [0.3, 0.4) is 0 Å². The number of unbranched alkanes of at least 4 members (excludes halogenated alkanes) is 3. The summed E-state index contributed by atoms with van der Waals surface area (Å²) >= 11 is 5.57. The van der Waals surface area contributed by atoms with Crippen molar-refractivity contribution in [2.45, 2.75) is 103 Å². The zero-order chi connectivity index (χ0) is 52.7. The number of benzene rings is 2. The fourth-order valence-electron chi connectivity index (χ4n) is 8.54. The molecule has 20 nitrogen and oxygen atoms in total. The van der Waals surface area contributed by atoms with Gasteiger partial charge >= 0.3 is 29.9 Å². The SMILES string of the molecule is CCN1CCN(CC(=O)O)CCN(CC(=O)O)C(Cc2ccc(NC(=S)NCCCCCC(=O)C[C@@H](Cc3ccccc3)C(=O)NCCCC[C@H](NC(=O)NCCCC(=O)O)C(=O)O)cc2)CN(CC)CC1. The Labute approximate surface area is 429 Å². The van der Waals surface area contributed by atoms with Gasteiger partial charge in [-0.2, -0.15) is 0 Å². The maximum atomic E-state index is 13.4. The van der Waals surface area contributed by atoms with Crippen LogP contribution >= 0.6 is 12.2 Å². The van der Waals surface area contributed by atoms with Gasteiger partial charge in [0.05, 0.1) is 13.1 Å². The number of ketones is 1. The van der Waals surface area contributed by atoms with Crippen molar-refractivity contribution in [2.24, 2.45) is 5.92 Å². The highest BCUT2D eigenvalue weighted by Gasteiger charge is 2.27. The lowest BCUT2D eigenvalue weighted by atomic mass is 9.92. The van der Waals surface area contributed by atoms with Crippen LogP contribution in [0.5, 0.6) is 0 Å². The number of hydrogen-bond acceptors (Lipinski definition) is 12. The zero-order valence-corrected chi connectivity index (χ0v) is 43.0. The number of carbonyl (C=O) groups excluding carboxylic acids is 3. The smallest absolute Gasteiger partial charge is 0.326 e. The first-order valence-corrected chi connectivity index (χ1v) is 25.8. The normalized spacial score (nSPS) is 16.2.